The van der Waals surface area contributed by atoms with Crippen LogP contribution in [0.4, 0.5) is 11.8 Å². The van der Waals surface area contributed by atoms with Crippen molar-refractivity contribution in [1.82, 2.24) is 19.9 Å². The number of piperidine rings is 1. The van der Waals surface area contributed by atoms with Gasteiger partial charge in [-0.05, 0) is 37.3 Å². The Morgan fingerprint density at radius 3 is 2.73 bits per heavy atom. The van der Waals surface area contributed by atoms with E-state index in [2.05, 4.69) is 31.2 Å². The molecule has 7 nitrogen and oxygen atoms in total. The Morgan fingerprint density at radius 1 is 1.23 bits per heavy atom. The van der Waals surface area contributed by atoms with Crippen LogP contribution >= 0.6 is 0 Å². The standard InChI is InChI=1S/C19H26N6O/c20-19-23-17(14-8-16(26)9-14)10-18(24-19)22-15-3-6-25(7-4-15)12-13-2-1-5-21-11-13/h1-2,5,10-11,14-16,26H,3-4,6-9,12H2,(H3,20,22,23,24). The van der Waals surface area contributed by atoms with Gasteiger partial charge in [-0.1, -0.05) is 6.07 Å². The van der Waals surface area contributed by atoms with Crippen LogP contribution in [0.25, 0.3) is 0 Å². The van der Waals surface area contributed by atoms with Gasteiger partial charge < -0.3 is 16.2 Å². The van der Waals surface area contributed by atoms with Gasteiger partial charge in [0.1, 0.15) is 5.82 Å². The Morgan fingerprint density at radius 2 is 2.04 bits per heavy atom. The second-order valence-corrected chi connectivity index (χ2v) is 7.41. The third-order valence-corrected chi connectivity index (χ3v) is 5.36. The van der Waals surface area contributed by atoms with Crippen LogP contribution in [0.5, 0.6) is 0 Å². The van der Waals surface area contributed by atoms with Crippen molar-refractivity contribution in [2.45, 2.75) is 50.3 Å². The molecule has 0 aromatic carbocycles. The summed E-state index contributed by atoms with van der Waals surface area (Å²) in [7, 11) is 0. The van der Waals surface area contributed by atoms with Crippen LogP contribution in [0.3, 0.4) is 0 Å². The molecular weight excluding hydrogens is 328 g/mol. The molecule has 3 heterocycles. The van der Waals surface area contributed by atoms with Gasteiger partial charge in [-0.2, -0.15) is 4.98 Å². The molecule has 1 aliphatic heterocycles. The predicted molar refractivity (Wildman–Crippen MR) is 101 cm³/mol. The third kappa shape index (κ3) is 4.11. The first kappa shape index (κ1) is 17.2. The summed E-state index contributed by atoms with van der Waals surface area (Å²) in [5.41, 5.74) is 8.09. The smallest absolute Gasteiger partial charge is 0.222 e. The quantitative estimate of drug-likeness (QED) is 0.752. The summed E-state index contributed by atoms with van der Waals surface area (Å²) in [6.45, 7) is 3.05. The second-order valence-electron chi connectivity index (χ2n) is 7.41. The highest BCUT2D eigenvalue weighted by molar-refractivity contribution is 5.42. The Kier molecular flexibility index (Phi) is 4.99. The Labute approximate surface area is 153 Å². The number of nitrogen functional groups attached to an aromatic ring is 1. The molecule has 2 aromatic rings. The summed E-state index contributed by atoms with van der Waals surface area (Å²) in [6.07, 6.45) is 7.23. The van der Waals surface area contributed by atoms with Gasteiger partial charge >= 0.3 is 0 Å². The number of hydrogen-bond donors (Lipinski definition) is 3. The maximum absolute atomic E-state index is 9.51. The van der Waals surface area contributed by atoms with Crippen LogP contribution < -0.4 is 11.1 Å². The first-order valence-electron chi connectivity index (χ1n) is 9.36. The molecule has 0 atom stereocenters. The predicted octanol–water partition coefficient (Wildman–Crippen LogP) is 1.77. The molecule has 2 fully saturated rings. The maximum Gasteiger partial charge on any atom is 0.222 e. The molecule has 0 radical (unpaired) electrons. The number of nitrogens with one attached hydrogen (secondary N) is 1. The van der Waals surface area contributed by atoms with Crippen molar-refractivity contribution in [1.29, 1.82) is 0 Å². The first-order chi connectivity index (χ1) is 12.7. The molecule has 1 aliphatic carbocycles. The van der Waals surface area contributed by atoms with E-state index in [9.17, 15) is 5.11 Å². The minimum absolute atomic E-state index is 0.197. The molecule has 0 unspecified atom stereocenters. The summed E-state index contributed by atoms with van der Waals surface area (Å²) >= 11 is 0. The average molecular weight is 354 g/mol. The van der Waals surface area contributed by atoms with Crippen molar-refractivity contribution in [3.63, 3.8) is 0 Å². The van der Waals surface area contributed by atoms with Crippen LogP contribution in [0, 0.1) is 0 Å². The summed E-state index contributed by atoms with van der Waals surface area (Å²) < 4.78 is 0. The molecule has 4 N–H and O–H groups in total. The third-order valence-electron chi connectivity index (χ3n) is 5.36. The number of nitrogens with two attached hydrogens (primary N) is 1. The first-order valence-corrected chi connectivity index (χ1v) is 9.36. The Balaban J connectivity index is 1.31. The van der Waals surface area contributed by atoms with Gasteiger partial charge in [0.05, 0.1) is 11.8 Å². The number of aliphatic hydroxyl groups is 1. The normalized spacial score (nSPS) is 24.2. The molecule has 7 heteroatoms. The Hall–Kier alpha value is -2.25. The largest absolute Gasteiger partial charge is 0.393 e. The molecule has 0 amide bonds. The fourth-order valence-corrected chi connectivity index (χ4v) is 3.79. The number of pyridine rings is 1. The molecule has 0 spiro atoms. The SMILES string of the molecule is Nc1nc(NC2CCN(Cc3cccnc3)CC2)cc(C2CC(O)C2)n1. The van der Waals surface area contributed by atoms with E-state index in [0.717, 1.165) is 56.8 Å². The molecular formula is C19H26N6O. The van der Waals surface area contributed by atoms with Gasteiger partial charge in [0, 0.05) is 50.1 Å². The van der Waals surface area contributed by atoms with Gasteiger partial charge in [-0.3, -0.25) is 9.88 Å². The van der Waals surface area contributed by atoms with E-state index in [1.807, 2.05) is 24.5 Å². The summed E-state index contributed by atoms with van der Waals surface area (Å²) in [5, 5.41) is 13.0. The van der Waals surface area contributed by atoms with E-state index < -0.39 is 0 Å². The van der Waals surface area contributed by atoms with E-state index in [4.69, 9.17) is 5.73 Å². The monoisotopic (exact) mass is 354 g/mol. The van der Waals surface area contributed by atoms with Crippen molar-refractivity contribution in [2.24, 2.45) is 0 Å². The number of likely N-dealkylation sites (tertiary alicyclic amines) is 1. The van der Waals surface area contributed by atoms with E-state index in [1.165, 1.54) is 5.56 Å². The lowest BCUT2D eigenvalue weighted by Crippen LogP contribution is -2.39. The van der Waals surface area contributed by atoms with Gasteiger partial charge in [0.2, 0.25) is 5.95 Å². The fraction of sp³-hybridized carbons (Fsp3) is 0.526. The van der Waals surface area contributed by atoms with E-state index >= 15 is 0 Å². The van der Waals surface area contributed by atoms with Crippen LogP contribution in [0.2, 0.25) is 0 Å². The molecule has 2 aliphatic rings. The van der Waals surface area contributed by atoms with Gasteiger partial charge in [-0.15, -0.1) is 0 Å². The number of hydrogen-bond acceptors (Lipinski definition) is 7. The zero-order chi connectivity index (χ0) is 17.9. The van der Waals surface area contributed by atoms with Gasteiger partial charge in [0.15, 0.2) is 0 Å². The van der Waals surface area contributed by atoms with E-state index in [1.54, 1.807) is 0 Å². The van der Waals surface area contributed by atoms with E-state index in [0.29, 0.717) is 17.9 Å². The van der Waals surface area contributed by atoms with Crippen LogP contribution in [0.15, 0.2) is 30.6 Å². The molecule has 2 aromatic heterocycles. The van der Waals surface area contributed by atoms with E-state index in [-0.39, 0.29) is 6.10 Å². The zero-order valence-corrected chi connectivity index (χ0v) is 14.9. The number of nitrogens with zero attached hydrogens (tertiary/aromatic N) is 4. The zero-order valence-electron chi connectivity index (χ0n) is 14.9. The van der Waals surface area contributed by atoms with Gasteiger partial charge in [-0.25, -0.2) is 4.98 Å². The average Bonchev–Trinajstić information content (AvgIpc) is 2.61. The van der Waals surface area contributed by atoms with Crippen molar-refractivity contribution in [3.05, 3.63) is 41.9 Å². The second kappa shape index (κ2) is 7.55. The Bertz CT molecular complexity index is 726. The minimum atomic E-state index is -0.197. The molecule has 1 saturated carbocycles. The lowest BCUT2D eigenvalue weighted by molar-refractivity contribution is 0.0732. The van der Waals surface area contributed by atoms with Crippen LogP contribution in [0.1, 0.15) is 42.9 Å². The van der Waals surface area contributed by atoms with Crippen molar-refractivity contribution in [3.8, 4) is 0 Å². The summed E-state index contributed by atoms with van der Waals surface area (Å²) in [6, 6.07) is 6.51. The van der Waals surface area contributed by atoms with Crippen LogP contribution in [-0.2, 0) is 6.54 Å². The summed E-state index contributed by atoms with van der Waals surface area (Å²) in [4.78, 5) is 15.3. The van der Waals surface area contributed by atoms with Crippen molar-refractivity contribution < 1.29 is 5.11 Å². The highest BCUT2D eigenvalue weighted by Gasteiger charge is 2.30. The number of rotatable bonds is 5. The minimum Gasteiger partial charge on any atom is -0.393 e. The lowest BCUT2D eigenvalue weighted by Gasteiger charge is -2.33. The van der Waals surface area contributed by atoms with Crippen molar-refractivity contribution >= 4 is 11.8 Å². The van der Waals surface area contributed by atoms with Crippen LogP contribution in [-0.4, -0.2) is 50.2 Å². The highest BCUT2D eigenvalue weighted by Crippen LogP contribution is 2.36. The number of anilines is 2. The van der Waals surface area contributed by atoms with Crippen molar-refractivity contribution in [2.75, 3.05) is 24.1 Å². The summed E-state index contributed by atoms with van der Waals surface area (Å²) in [5.74, 6) is 1.41. The lowest BCUT2D eigenvalue weighted by atomic mass is 9.80. The topological polar surface area (TPSA) is 100 Å². The molecule has 26 heavy (non-hydrogen) atoms. The molecule has 4 rings (SSSR count). The molecule has 1 saturated heterocycles. The maximum atomic E-state index is 9.51. The number of aromatic nitrogens is 3. The molecule has 0 bridgehead atoms. The fourth-order valence-electron chi connectivity index (χ4n) is 3.79. The number of aliphatic hydroxyl groups excluding tert-OH is 1. The van der Waals surface area contributed by atoms with Gasteiger partial charge in [0.25, 0.3) is 0 Å². The molecule has 138 valence electrons. The highest BCUT2D eigenvalue weighted by atomic mass is 16.3.